The Morgan fingerprint density at radius 2 is 1.70 bits per heavy atom. The second-order valence-corrected chi connectivity index (χ2v) is 5.54. The number of hydrogen-bond acceptors (Lipinski definition) is 3. The molecule has 0 radical (unpaired) electrons. The maximum atomic E-state index is 11.6. The molecule has 1 aromatic heterocycles. The Hall–Kier alpha value is -2.88. The molecule has 1 N–H and O–H groups in total. The molecule has 116 valence electrons. The Morgan fingerprint density at radius 1 is 1.04 bits per heavy atom. The van der Waals surface area contributed by atoms with E-state index in [0.717, 1.165) is 22.4 Å². The number of aromatic carboxylic acids is 1. The number of benzene rings is 2. The third-order valence-corrected chi connectivity index (χ3v) is 4.04. The highest BCUT2D eigenvalue weighted by Gasteiger charge is 2.14. The Kier molecular flexibility index (Phi) is 3.74. The zero-order valence-electron chi connectivity index (χ0n) is 13.3. The van der Waals surface area contributed by atoms with Crippen molar-refractivity contribution in [1.82, 2.24) is 4.98 Å². The first kappa shape index (κ1) is 15.0. The van der Waals surface area contributed by atoms with Gasteiger partial charge in [0.15, 0.2) is 0 Å². The number of carbonyl (C=O) groups is 1. The number of nitrogens with zero attached hydrogens (tertiary/aromatic N) is 1. The fourth-order valence-electron chi connectivity index (χ4n) is 2.57. The van der Waals surface area contributed by atoms with Crippen LogP contribution in [-0.2, 0) is 0 Å². The monoisotopic (exact) mass is 307 g/mol. The van der Waals surface area contributed by atoms with Gasteiger partial charge in [-0.05, 0) is 67.4 Å². The van der Waals surface area contributed by atoms with Crippen LogP contribution in [0.25, 0.3) is 22.2 Å². The van der Waals surface area contributed by atoms with E-state index in [1.54, 1.807) is 13.2 Å². The van der Waals surface area contributed by atoms with Crippen LogP contribution in [0.1, 0.15) is 21.5 Å². The van der Waals surface area contributed by atoms with Crippen molar-refractivity contribution in [2.24, 2.45) is 0 Å². The number of aryl methyl sites for hydroxylation is 2. The van der Waals surface area contributed by atoms with E-state index in [2.05, 4.69) is 4.98 Å². The fourth-order valence-corrected chi connectivity index (χ4v) is 2.57. The highest BCUT2D eigenvalue weighted by Crippen LogP contribution is 2.28. The lowest BCUT2D eigenvalue weighted by molar-refractivity contribution is 0.0699. The maximum Gasteiger partial charge on any atom is 0.336 e. The zero-order chi connectivity index (χ0) is 16.6. The molecular formula is C19H17NO3. The first-order valence-electron chi connectivity index (χ1n) is 7.29. The number of pyridine rings is 1. The van der Waals surface area contributed by atoms with Crippen molar-refractivity contribution < 1.29 is 14.6 Å². The van der Waals surface area contributed by atoms with Crippen molar-refractivity contribution in [3.63, 3.8) is 0 Å². The quantitative estimate of drug-likeness (QED) is 0.787. The van der Waals surface area contributed by atoms with Gasteiger partial charge in [0, 0.05) is 10.9 Å². The van der Waals surface area contributed by atoms with Crippen LogP contribution in [0, 0.1) is 13.8 Å². The number of rotatable bonds is 3. The molecule has 0 fully saturated rings. The van der Waals surface area contributed by atoms with Gasteiger partial charge in [-0.25, -0.2) is 9.78 Å². The maximum absolute atomic E-state index is 11.6. The molecule has 0 bridgehead atoms. The molecular weight excluding hydrogens is 290 g/mol. The lowest BCUT2D eigenvalue weighted by atomic mass is 10.00. The molecule has 0 aliphatic carbocycles. The van der Waals surface area contributed by atoms with Crippen molar-refractivity contribution in [3.05, 3.63) is 59.2 Å². The smallest absolute Gasteiger partial charge is 0.336 e. The topological polar surface area (TPSA) is 59.4 Å². The van der Waals surface area contributed by atoms with Crippen LogP contribution in [0.15, 0.2) is 42.5 Å². The highest BCUT2D eigenvalue weighted by atomic mass is 16.5. The van der Waals surface area contributed by atoms with Gasteiger partial charge in [-0.2, -0.15) is 0 Å². The van der Waals surface area contributed by atoms with Crippen LogP contribution < -0.4 is 4.74 Å². The largest absolute Gasteiger partial charge is 0.497 e. The summed E-state index contributed by atoms with van der Waals surface area (Å²) in [5.41, 5.74) is 4.60. The van der Waals surface area contributed by atoms with Crippen molar-refractivity contribution >= 4 is 16.9 Å². The molecule has 0 spiro atoms. The Labute approximate surface area is 134 Å². The van der Waals surface area contributed by atoms with Crippen LogP contribution in [0.2, 0.25) is 0 Å². The number of hydrogen-bond donors (Lipinski definition) is 1. The van der Waals surface area contributed by atoms with Gasteiger partial charge in [-0.1, -0.05) is 0 Å². The minimum Gasteiger partial charge on any atom is -0.497 e. The minimum absolute atomic E-state index is 0.268. The van der Waals surface area contributed by atoms with Gasteiger partial charge in [0.1, 0.15) is 5.75 Å². The van der Waals surface area contributed by atoms with Crippen LogP contribution in [0.3, 0.4) is 0 Å². The fraction of sp³-hybridized carbons (Fsp3) is 0.158. The molecule has 1 heterocycles. The van der Waals surface area contributed by atoms with Crippen molar-refractivity contribution in [2.45, 2.75) is 13.8 Å². The molecule has 3 aromatic rings. The molecule has 3 rings (SSSR count). The molecule has 0 unspecified atom stereocenters. The van der Waals surface area contributed by atoms with Gasteiger partial charge >= 0.3 is 5.97 Å². The van der Waals surface area contributed by atoms with Crippen molar-refractivity contribution in [2.75, 3.05) is 7.11 Å². The molecule has 23 heavy (non-hydrogen) atoms. The van der Waals surface area contributed by atoms with Gasteiger partial charge in [-0.3, -0.25) is 0 Å². The van der Waals surface area contributed by atoms with Crippen LogP contribution in [0.5, 0.6) is 5.75 Å². The zero-order valence-corrected chi connectivity index (χ0v) is 13.3. The van der Waals surface area contributed by atoms with E-state index in [0.29, 0.717) is 16.6 Å². The summed E-state index contributed by atoms with van der Waals surface area (Å²) in [5, 5.41) is 10.2. The number of aromatic nitrogens is 1. The summed E-state index contributed by atoms with van der Waals surface area (Å²) in [4.78, 5) is 16.3. The second kappa shape index (κ2) is 5.72. The first-order valence-corrected chi connectivity index (χ1v) is 7.29. The molecule has 4 heteroatoms. The molecule has 0 saturated heterocycles. The van der Waals surface area contributed by atoms with E-state index >= 15 is 0 Å². The number of methoxy groups -OCH3 is 1. The van der Waals surface area contributed by atoms with Gasteiger partial charge in [-0.15, -0.1) is 0 Å². The van der Waals surface area contributed by atoms with E-state index in [1.165, 1.54) is 0 Å². The lowest BCUT2D eigenvalue weighted by Gasteiger charge is -2.10. The summed E-state index contributed by atoms with van der Waals surface area (Å²) >= 11 is 0. The Bertz CT molecular complexity index is 899. The van der Waals surface area contributed by atoms with Gasteiger partial charge in [0.05, 0.1) is 23.9 Å². The lowest BCUT2D eigenvalue weighted by Crippen LogP contribution is -2.01. The van der Waals surface area contributed by atoms with Crippen LogP contribution >= 0.6 is 0 Å². The first-order chi connectivity index (χ1) is 11.0. The van der Waals surface area contributed by atoms with E-state index in [-0.39, 0.29) is 5.56 Å². The van der Waals surface area contributed by atoms with E-state index in [9.17, 15) is 9.90 Å². The normalized spacial score (nSPS) is 10.7. The summed E-state index contributed by atoms with van der Waals surface area (Å²) < 4.78 is 5.15. The minimum atomic E-state index is -0.949. The number of fused-ring (bicyclic) bond motifs is 1. The van der Waals surface area contributed by atoms with Crippen LogP contribution in [0.4, 0.5) is 0 Å². The molecule has 2 aromatic carbocycles. The molecule has 0 aliphatic rings. The van der Waals surface area contributed by atoms with E-state index in [1.807, 2.05) is 50.2 Å². The molecule has 0 atom stereocenters. The molecule has 0 amide bonds. The predicted molar refractivity (Wildman–Crippen MR) is 90.2 cm³/mol. The average Bonchev–Trinajstić information content (AvgIpc) is 2.55. The van der Waals surface area contributed by atoms with Crippen molar-refractivity contribution in [3.8, 4) is 17.0 Å². The summed E-state index contributed by atoms with van der Waals surface area (Å²) in [6.07, 6.45) is 0. The molecule has 4 nitrogen and oxygen atoms in total. The third-order valence-electron chi connectivity index (χ3n) is 4.04. The summed E-state index contributed by atoms with van der Waals surface area (Å²) in [6.45, 7) is 3.97. The van der Waals surface area contributed by atoms with Crippen LogP contribution in [-0.4, -0.2) is 23.2 Å². The highest BCUT2D eigenvalue weighted by molar-refractivity contribution is 6.04. The SMILES string of the molecule is COc1ccc(-c2cc(C(=O)O)c3cc(C)c(C)cc3n2)cc1. The molecule has 0 aliphatic heterocycles. The number of carboxylic acids is 1. The van der Waals surface area contributed by atoms with E-state index in [4.69, 9.17) is 4.74 Å². The van der Waals surface area contributed by atoms with Gasteiger partial charge < -0.3 is 9.84 Å². The number of ether oxygens (including phenoxy) is 1. The Morgan fingerprint density at radius 3 is 2.30 bits per heavy atom. The average molecular weight is 307 g/mol. The second-order valence-electron chi connectivity index (χ2n) is 5.54. The Balaban J connectivity index is 2.25. The van der Waals surface area contributed by atoms with Crippen molar-refractivity contribution in [1.29, 1.82) is 0 Å². The van der Waals surface area contributed by atoms with Gasteiger partial charge in [0.25, 0.3) is 0 Å². The third kappa shape index (κ3) is 2.75. The summed E-state index contributed by atoms with van der Waals surface area (Å²) in [7, 11) is 1.61. The summed E-state index contributed by atoms with van der Waals surface area (Å²) in [6, 6.07) is 12.9. The van der Waals surface area contributed by atoms with E-state index < -0.39 is 5.97 Å². The van der Waals surface area contributed by atoms with Gasteiger partial charge in [0.2, 0.25) is 0 Å². The standard InChI is InChI=1S/C19H17NO3/c1-11-8-15-16(19(21)22)10-17(20-18(15)9-12(11)2)13-4-6-14(23-3)7-5-13/h4-10H,1-3H3,(H,21,22). The summed E-state index contributed by atoms with van der Waals surface area (Å²) in [5.74, 6) is -0.199. The predicted octanol–water partition coefficient (Wildman–Crippen LogP) is 4.23. The molecule has 0 saturated carbocycles. The number of carboxylic acid groups (broad SMARTS) is 1.